The Balaban J connectivity index is 1.98. The number of hydrogen-bond acceptors (Lipinski definition) is 3. The first-order valence-electron chi connectivity index (χ1n) is 4.64. The fourth-order valence-electron chi connectivity index (χ4n) is 1.40. The van der Waals surface area contributed by atoms with Gasteiger partial charge in [0, 0.05) is 30.7 Å². The fourth-order valence-corrected chi connectivity index (χ4v) is 2.05. The number of imidazole rings is 1. The summed E-state index contributed by atoms with van der Waals surface area (Å²) in [5.41, 5.74) is 1.18. The van der Waals surface area contributed by atoms with Crippen LogP contribution in [0.25, 0.3) is 0 Å². The zero-order valence-corrected chi connectivity index (χ0v) is 9.21. The fraction of sp³-hybridized carbons (Fsp3) is 0.400. The molecule has 0 fully saturated rings. The third-order valence-electron chi connectivity index (χ3n) is 2.20. The lowest BCUT2D eigenvalue weighted by molar-refractivity contribution is 0.665. The molecule has 0 radical (unpaired) electrons. The van der Waals surface area contributed by atoms with Gasteiger partial charge in [0.25, 0.3) is 0 Å². The summed E-state index contributed by atoms with van der Waals surface area (Å²) < 4.78 is 2.15. The smallest absolute Gasteiger partial charge is 0.105 e. The van der Waals surface area contributed by atoms with Crippen molar-refractivity contribution in [2.75, 3.05) is 0 Å². The van der Waals surface area contributed by atoms with Crippen molar-refractivity contribution < 1.29 is 0 Å². The zero-order chi connectivity index (χ0) is 9.97. The van der Waals surface area contributed by atoms with E-state index in [1.54, 1.807) is 11.3 Å². The van der Waals surface area contributed by atoms with E-state index in [0.29, 0.717) is 0 Å². The molecule has 2 rings (SSSR count). The second-order valence-corrected chi connectivity index (χ2v) is 4.34. The Morgan fingerprint density at radius 2 is 2.29 bits per heavy atom. The van der Waals surface area contributed by atoms with Gasteiger partial charge in [-0.1, -0.05) is 0 Å². The number of aryl methyl sites for hydroxylation is 4. The molecule has 0 aliphatic heterocycles. The SMILES string of the molecule is Cc1nc(CCn2ccnc2C)cs1. The van der Waals surface area contributed by atoms with Crippen LogP contribution in [0.2, 0.25) is 0 Å². The van der Waals surface area contributed by atoms with Crippen molar-refractivity contribution in [2.45, 2.75) is 26.8 Å². The second kappa shape index (κ2) is 3.92. The second-order valence-electron chi connectivity index (χ2n) is 3.28. The molecule has 0 aliphatic carbocycles. The van der Waals surface area contributed by atoms with Crippen LogP contribution in [0.3, 0.4) is 0 Å². The summed E-state index contributed by atoms with van der Waals surface area (Å²) in [6.07, 6.45) is 4.83. The lowest BCUT2D eigenvalue weighted by Gasteiger charge is -2.02. The number of thiazole rings is 1. The van der Waals surface area contributed by atoms with E-state index in [-0.39, 0.29) is 0 Å². The van der Waals surface area contributed by atoms with Crippen molar-refractivity contribution in [3.63, 3.8) is 0 Å². The largest absolute Gasteiger partial charge is 0.335 e. The molecule has 2 heterocycles. The Morgan fingerprint density at radius 3 is 2.86 bits per heavy atom. The van der Waals surface area contributed by atoms with Gasteiger partial charge in [0.05, 0.1) is 10.7 Å². The molecule has 4 heteroatoms. The van der Waals surface area contributed by atoms with E-state index in [1.165, 1.54) is 5.69 Å². The highest BCUT2D eigenvalue weighted by Crippen LogP contribution is 2.09. The van der Waals surface area contributed by atoms with E-state index in [4.69, 9.17) is 0 Å². The van der Waals surface area contributed by atoms with Crippen molar-refractivity contribution in [2.24, 2.45) is 0 Å². The lowest BCUT2D eigenvalue weighted by atomic mass is 10.3. The molecule has 14 heavy (non-hydrogen) atoms. The van der Waals surface area contributed by atoms with Crippen LogP contribution in [0.5, 0.6) is 0 Å². The Kier molecular flexibility index (Phi) is 2.63. The van der Waals surface area contributed by atoms with Gasteiger partial charge in [-0.3, -0.25) is 0 Å². The molecule has 0 bridgehead atoms. The van der Waals surface area contributed by atoms with Gasteiger partial charge in [0.2, 0.25) is 0 Å². The van der Waals surface area contributed by atoms with E-state index >= 15 is 0 Å². The third kappa shape index (κ3) is 2.01. The average Bonchev–Trinajstić information content (AvgIpc) is 2.72. The summed E-state index contributed by atoms with van der Waals surface area (Å²) >= 11 is 1.71. The van der Waals surface area contributed by atoms with Crippen LogP contribution >= 0.6 is 11.3 Å². The first kappa shape index (κ1) is 9.40. The standard InChI is InChI=1S/C10H13N3S/c1-8-11-4-6-13(8)5-3-10-7-14-9(2)12-10/h4,6-7H,3,5H2,1-2H3. The molecule has 0 saturated heterocycles. The van der Waals surface area contributed by atoms with E-state index in [9.17, 15) is 0 Å². The summed E-state index contributed by atoms with van der Waals surface area (Å²) in [6.45, 7) is 5.03. The highest BCUT2D eigenvalue weighted by Gasteiger charge is 2.00. The Hall–Kier alpha value is -1.16. The van der Waals surface area contributed by atoms with Crippen LogP contribution in [0.4, 0.5) is 0 Å². The molecule has 74 valence electrons. The molecule has 2 aromatic heterocycles. The summed E-state index contributed by atoms with van der Waals surface area (Å²) in [7, 11) is 0. The minimum Gasteiger partial charge on any atom is -0.335 e. The van der Waals surface area contributed by atoms with E-state index in [0.717, 1.165) is 23.8 Å². The third-order valence-corrected chi connectivity index (χ3v) is 3.02. The van der Waals surface area contributed by atoms with Crippen molar-refractivity contribution >= 4 is 11.3 Å². The summed E-state index contributed by atoms with van der Waals surface area (Å²) in [6, 6.07) is 0. The first-order chi connectivity index (χ1) is 6.75. The van der Waals surface area contributed by atoms with Gasteiger partial charge >= 0.3 is 0 Å². The summed E-state index contributed by atoms with van der Waals surface area (Å²) in [4.78, 5) is 8.60. The maximum atomic E-state index is 4.42. The van der Waals surface area contributed by atoms with Crippen molar-refractivity contribution in [1.82, 2.24) is 14.5 Å². The Morgan fingerprint density at radius 1 is 1.43 bits per heavy atom. The topological polar surface area (TPSA) is 30.7 Å². The van der Waals surface area contributed by atoms with Crippen LogP contribution in [0.15, 0.2) is 17.8 Å². The molecule has 0 atom stereocenters. The minimum atomic E-state index is 0.967. The molecule has 0 spiro atoms. The number of rotatable bonds is 3. The Bertz CT molecular complexity index is 416. The van der Waals surface area contributed by atoms with E-state index in [2.05, 4.69) is 19.9 Å². The van der Waals surface area contributed by atoms with Crippen LogP contribution in [-0.4, -0.2) is 14.5 Å². The maximum Gasteiger partial charge on any atom is 0.105 e. The van der Waals surface area contributed by atoms with Crippen LogP contribution in [0.1, 0.15) is 16.5 Å². The number of hydrogen-bond donors (Lipinski definition) is 0. The lowest BCUT2D eigenvalue weighted by Crippen LogP contribution is -2.02. The predicted molar refractivity (Wildman–Crippen MR) is 57.5 cm³/mol. The average molecular weight is 207 g/mol. The van der Waals surface area contributed by atoms with Crippen LogP contribution in [0, 0.1) is 13.8 Å². The monoisotopic (exact) mass is 207 g/mol. The van der Waals surface area contributed by atoms with E-state index < -0.39 is 0 Å². The molecule has 0 aromatic carbocycles. The Labute approximate surface area is 87.4 Å². The van der Waals surface area contributed by atoms with Crippen LogP contribution < -0.4 is 0 Å². The molecule has 0 aliphatic rings. The molecular weight excluding hydrogens is 194 g/mol. The molecule has 0 unspecified atom stereocenters. The highest BCUT2D eigenvalue weighted by molar-refractivity contribution is 7.09. The molecule has 0 N–H and O–H groups in total. The van der Waals surface area contributed by atoms with Gasteiger partial charge in [-0.25, -0.2) is 9.97 Å². The molecule has 0 amide bonds. The van der Waals surface area contributed by atoms with Gasteiger partial charge in [0.1, 0.15) is 5.82 Å². The van der Waals surface area contributed by atoms with Crippen molar-refractivity contribution in [3.8, 4) is 0 Å². The van der Waals surface area contributed by atoms with E-state index in [1.807, 2.05) is 26.2 Å². The highest BCUT2D eigenvalue weighted by atomic mass is 32.1. The van der Waals surface area contributed by atoms with Gasteiger partial charge in [-0.15, -0.1) is 11.3 Å². The van der Waals surface area contributed by atoms with Gasteiger partial charge in [-0.05, 0) is 13.8 Å². The quantitative estimate of drug-likeness (QED) is 0.772. The zero-order valence-electron chi connectivity index (χ0n) is 8.40. The normalized spacial score (nSPS) is 10.7. The molecule has 3 nitrogen and oxygen atoms in total. The number of aromatic nitrogens is 3. The predicted octanol–water partition coefficient (Wildman–Crippen LogP) is 2.20. The van der Waals surface area contributed by atoms with Crippen molar-refractivity contribution in [3.05, 3.63) is 34.3 Å². The van der Waals surface area contributed by atoms with Crippen molar-refractivity contribution in [1.29, 1.82) is 0 Å². The van der Waals surface area contributed by atoms with Gasteiger partial charge < -0.3 is 4.57 Å². The summed E-state index contributed by atoms with van der Waals surface area (Å²) in [5, 5.41) is 3.27. The van der Waals surface area contributed by atoms with Crippen LogP contribution in [-0.2, 0) is 13.0 Å². The summed E-state index contributed by atoms with van der Waals surface area (Å²) in [5.74, 6) is 1.07. The minimum absolute atomic E-state index is 0.967. The maximum absolute atomic E-state index is 4.42. The van der Waals surface area contributed by atoms with Gasteiger partial charge in [-0.2, -0.15) is 0 Å². The molecular formula is C10H13N3S. The molecule has 0 saturated carbocycles. The van der Waals surface area contributed by atoms with Gasteiger partial charge in [0.15, 0.2) is 0 Å². The first-order valence-corrected chi connectivity index (χ1v) is 5.52. The molecule has 2 aromatic rings. The number of nitrogens with zero attached hydrogens (tertiary/aromatic N) is 3.